The van der Waals surface area contributed by atoms with E-state index in [2.05, 4.69) is 23.5 Å². The Kier molecular flexibility index (Phi) is 1.26. The Morgan fingerprint density at radius 2 is 1.62 bits per heavy atom. The minimum absolute atomic E-state index is 0.762. The van der Waals surface area contributed by atoms with Gasteiger partial charge in [-0.1, -0.05) is 0 Å². The first-order chi connectivity index (χ1) is 3.91. The summed E-state index contributed by atoms with van der Waals surface area (Å²) in [4.78, 5) is 0. The highest BCUT2D eigenvalue weighted by Crippen LogP contribution is 2.59. The Balaban J connectivity index is 1.95. The summed E-state index contributed by atoms with van der Waals surface area (Å²) >= 11 is 4.39. The molecule has 2 rings (SSSR count). The third kappa shape index (κ3) is 0.883. The fraction of sp³-hybridized carbons (Fsp3) is 1.00. The molecule has 1 spiro atoms. The highest BCUT2D eigenvalue weighted by molar-refractivity contribution is 8.19. The molecule has 1 saturated heterocycles. The monoisotopic (exact) mass is 146 g/mol. The maximum absolute atomic E-state index is 2.19. The molecule has 0 aromatic heterocycles. The van der Waals surface area contributed by atoms with E-state index in [0.29, 0.717) is 0 Å². The third-order valence-electron chi connectivity index (χ3n) is 1.68. The van der Waals surface area contributed by atoms with Gasteiger partial charge in [0.15, 0.2) is 0 Å². The molecule has 1 heterocycles. The van der Waals surface area contributed by atoms with Crippen LogP contribution in [-0.2, 0) is 0 Å². The van der Waals surface area contributed by atoms with Crippen LogP contribution in [0, 0.1) is 0 Å². The molecule has 0 bridgehead atoms. The summed E-state index contributed by atoms with van der Waals surface area (Å²) in [5, 5.41) is 0. The largest absolute Gasteiger partial charge is 0.144 e. The number of hydrogen-bond acceptors (Lipinski definition) is 2. The SMILES string of the molecule is C1CSC2(CC2)SC1. The summed E-state index contributed by atoms with van der Waals surface area (Å²) in [6.07, 6.45) is 4.42. The van der Waals surface area contributed by atoms with Gasteiger partial charge in [0.25, 0.3) is 0 Å². The predicted molar refractivity (Wildman–Crippen MR) is 41.5 cm³/mol. The average Bonchev–Trinajstić information content (AvgIpc) is 2.52. The maximum atomic E-state index is 2.19. The molecule has 0 amide bonds. The lowest BCUT2D eigenvalue weighted by atomic mass is 10.6. The summed E-state index contributed by atoms with van der Waals surface area (Å²) in [5.41, 5.74) is 0. The zero-order valence-corrected chi connectivity index (χ0v) is 6.49. The van der Waals surface area contributed by atoms with Crippen LogP contribution in [0.5, 0.6) is 0 Å². The summed E-state index contributed by atoms with van der Waals surface area (Å²) < 4.78 is 0.762. The number of hydrogen-bond donors (Lipinski definition) is 0. The van der Waals surface area contributed by atoms with Crippen LogP contribution in [0.4, 0.5) is 0 Å². The lowest BCUT2D eigenvalue weighted by Gasteiger charge is -2.18. The normalized spacial score (nSPS) is 33.0. The molecule has 46 valence electrons. The standard InChI is InChI=1S/C6H10S2/c1-4-7-6(2-3-6)8-5-1/h1-5H2. The topological polar surface area (TPSA) is 0 Å². The minimum atomic E-state index is 0.762. The third-order valence-corrected chi connectivity index (χ3v) is 5.24. The van der Waals surface area contributed by atoms with Crippen molar-refractivity contribution in [2.45, 2.75) is 23.3 Å². The Morgan fingerprint density at radius 1 is 1.00 bits per heavy atom. The van der Waals surface area contributed by atoms with Crippen LogP contribution in [0.1, 0.15) is 19.3 Å². The Hall–Kier alpha value is 0.700. The van der Waals surface area contributed by atoms with Crippen molar-refractivity contribution in [1.29, 1.82) is 0 Å². The molecule has 1 saturated carbocycles. The van der Waals surface area contributed by atoms with Crippen LogP contribution in [0.25, 0.3) is 0 Å². The molecule has 0 aromatic rings. The zero-order chi connectivity index (χ0) is 5.45. The number of thioether (sulfide) groups is 2. The zero-order valence-electron chi connectivity index (χ0n) is 4.85. The van der Waals surface area contributed by atoms with Crippen LogP contribution in [-0.4, -0.2) is 15.6 Å². The first-order valence-corrected chi connectivity index (χ1v) is 5.16. The van der Waals surface area contributed by atoms with Gasteiger partial charge in [-0.25, -0.2) is 0 Å². The van der Waals surface area contributed by atoms with E-state index >= 15 is 0 Å². The fourth-order valence-corrected chi connectivity index (χ4v) is 4.13. The van der Waals surface area contributed by atoms with Gasteiger partial charge < -0.3 is 0 Å². The van der Waals surface area contributed by atoms with Crippen molar-refractivity contribution in [3.63, 3.8) is 0 Å². The molecule has 0 atom stereocenters. The maximum Gasteiger partial charge on any atom is 0.0612 e. The van der Waals surface area contributed by atoms with E-state index in [4.69, 9.17) is 0 Å². The van der Waals surface area contributed by atoms with Crippen molar-refractivity contribution in [3.05, 3.63) is 0 Å². The van der Waals surface area contributed by atoms with Crippen molar-refractivity contribution in [1.82, 2.24) is 0 Å². The lowest BCUT2D eigenvalue weighted by Crippen LogP contribution is -2.05. The van der Waals surface area contributed by atoms with Gasteiger partial charge in [-0.3, -0.25) is 0 Å². The summed E-state index contributed by atoms with van der Waals surface area (Å²) in [6, 6.07) is 0. The molecule has 0 aromatic carbocycles. The van der Waals surface area contributed by atoms with E-state index in [1.165, 1.54) is 30.8 Å². The molecule has 1 aliphatic carbocycles. The average molecular weight is 146 g/mol. The van der Waals surface area contributed by atoms with Crippen molar-refractivity contribution < 1.29 is 0 Å². The van der Waals surface area contributed by atoms with Crippen molar-refractivity contribution >= 4 is 23.5 Å². The van der Waals surface area contributed by atoms with Gasteiger partial charge in [0.1, 0.15) is 0 Å². The van der Waals surface area contributed by atoms with Crippen molar-refractivity contribution in [3.8, 4) is 0 Å². The van der Waals surface area contributed by atoms with Gasteiger partial charge in [0.05, 0.1) is 4.08 Å². The molecular weight excluding hydrogens is 136 g/mol. The molecular formula is C6H10S2. The second-order valence-electron chi connectivity index (χ2n) is 2.46. The van der Waals surface area contributed by atoms with Gasteiger partial charge in [0.2, 0.25) is 0 Å². The van der Waals surface area contributed by atoms with E-state index in [9.17, 15) is 0 Å². The number of rotatable bonds is 0. The van der Waals surface area contributed by atoms with Gasteiger partial charge in [-0.05, 0) is 30.8 Å². The van der Waals surface area contributed by atoms with Crippen molar-refractivity contribution in [2.24, 2.45) is 0 Å². The Labute approximate surface area is 58.8 Å². The fourth-order valence-electron chi connectivity index (χ4n) is 1.01. The second-order valence-corrected chi connectivity index (χ2v) is 5.68. The minimum Gasteiger partial charge on any atom is -0.144 e. The first-order valence-electron chi connectivity index (χ1n) is 3.19. The van der Waals surface area contributed by atoms with E-state index in [0.717, 1.165) is 4.08 Å². The van der Waals surface area contributed by atoms with Gasteiger partial charge >= 0.3 is 0 Å². The quantitative estimate of drug-likeness (QED) is 0.514. The van der Waals surface area contributed by atoms with Gasteiger partial charge in [0, 0.05) is 0 Å². The van der Waals surface area contributed by atoms with Crippen LogP contribution < -0.4 is 0 Å². The molecule has 2 aliphatic rings. The smallest absolute Gasteiger partial charge is 0.0612 e. The molecule has 0 nitrogen and oxygen atoms in total. The highest BCUT2D eigenvalue weighted by atomic mass is 32.2. The van der Waals surface area contributed by atoms with Crippen LogP contribution in [0.3, 0.4) is 0 Å². The second kappa shape index (κ2) is 1.84. The highest BCUT2D eigenvalue weighted by Gasteiger charge is 2.44. The molecule has 0 N–H and O–H groups in total. The van der Waals surface area contributed by atoms with Gasteiger partial charge in [-0.15, -0.1) is 23.5 Å². The van der Waals surface area contributed by atoms with Crippen LogP contribution in [0.2, 0.25) is 0 Å². The molecule has 2 heteroatoms. The van der Waals surface area contributed by atoms with Gasteiger partial charge in [-0.2, -0.15) is 0 Å². The van der Waals surface area contributed by atoms with Crippen LogP contribution >= 0.6 is 23.5 Å². The summed E-state index contributed by atoms with van der Waals surface area (Å²) in [6.45, 7) is 0. The van der Waals surface area contributed by atoms with Crippen LogP contribution in [0.15, 0.2) is 0 Å². The Morgan fingerprint density at radius 3 is 2.00 bits per heavy atom. The van der Waals surface area contributed by atoms with Crippen molar-refractivity contribution in [2.75, 3.05) is 11.5 Å². The summed E-state index contributed by atoms with van der Waals surface area (Å²) in [5.74, 6) is 2.85. The molecule has 0 unspecified atom stereocenters. The summed E-state index contributed by atoms with van der Waals surface area (Å²) in [7, 11) is 0. The molecule has 1 aliphatic heterocycles. The lowest BCUT2D eigenvalue weighted by molar-refractivity contribution is 1.09. The Bertz CT molecular complexity index is 88.7. The molecule has 2 fully saturated rings. The van der Waals surface area contributed by atoms with E-state index in [1.807, 2.05) is 0 Å². The van der Waals surface area contributed by atoms with E-state index in [-0.39, 0.29) is 0 Å². The predicted octanol–water partition coefficient (Wildman–Crippen LogP) is 2.35. The van der Waals surface area contributed by atoms with E-state index < -0.39 is 0 Å². The van der Waals surface area contributed by atoms with E-state index in [1.54, 1.807) is 0 Å². The molecule has 8 heavy (non-hydrogen) atoms. The molecule has 0 radical (unpaired) electrons. The first kappa shape index (κ1) is 5.48.